The Morgan fingerprint density at radius 2 is 2.24 bits per heavy atom. The highest BCUT2D eigenvalue weighted by Gasteiger charge is 2.34. The number of aromatic nitrogens is 2. The first-order valence-corrected chi connectivity index (χ1v) is 9.25. The van der Waals surface area contributed by atoms with Gasteiger partial charge in [-0.1, -0.05) is 11.3 Å². The molecule has 2 N–H and O–H groups in total. The molecule has 0 amide bonds. The number of nitrogens with two attached hydrogens (primary N) is 1. The van der Waals surface area contributed by atoms with Crippen LogP contribution >= 0.6 is 11.3 Å². The lowest BCUT2D eigenvalue weighted by Gasteiger charge is -2.29. The molecular formula is C18H22N3O3S+. The molecule has 0 spiro atoms. The van der Waals surface area contributed by atoms with Crippen molar-refractivity contribution in [3.63, 3.8) is 0 Å². The van der Waals surface area contributed by atoms with Crippen molar-refractivity contribution in [1.82, 2.24) is 4.57 Å². The maximum absolute atomic E-state index is 13.0. The highest BCUT2D eigenvalue weighted by atomic mass is 32.1. The average Bonchev–Trinajstić information content (AvgIpc) is 3.18. The van der Waals surface area contributed by atoms with Gasteiger partial charge in [0.25, 0.3) is 0 Å². The molecular weight excluding hydrogens is 338 g/mol. The third-order valence-corrected chi connectivity index (χ3v) is 5.96. The van der Waals surface area contributed by atoms with E-state index in [-0.39, 0.29) is 11.3 Å². The maximum Gasteiger partial charge on any atom is 0.501 e. The molecule has 7 heteroatoms. The molecule has 0 aliphatic carbocycles. The highest BCUT2D eigenvalue weighted by molar-refractivity contribution is 7.18. The molecule has 132 valence electrons. The fraction of sp³-hybridized carbons (Fsp3) is 0.444. The molecule has 0 atom stereocenters. The first kappa shape index (κ1) is 16.4. The summed E-state index contributed by atoms with van der Waals surface area (Å²) < 4.78 is 14.8. The molecule has 0 bridgehead atoms. The van der Waals surface area contributed by atoms with Gasteiger partial charge < -0.3 is 14.9 Å². The van der Waals surface area contributed by atoms with E-state index >= 15 is 0 Å². The lowest BCUT2D eigenvalue weighted by atomic mass is 9.94. The van der Waals surface area contributed by atoms with E-state index in [1.54, 1.807) is 26.7 Å². The number of hydrogen-bond donors (Lipinski definition) is 1. The topological polar surface area (TPSA) is 74.3 Å². The zero-order chi connectivity index (χ0) is 17.8. The summed E-state index contributed by atoms with van der Waals surface area (Å²) in [4.78, 5) is 15.1. The fourth-order valence-electron chi connectivity index (χ4n) is 3.45. The van der Waals surface area contributed by atoms with Gasteiger partial charge in [-0.15, -0.1) is 0 Å². The molecule has 4 rings (SSSR count). The van der Waals surface area contributed by atoms with E-state index in [0.717, 1.165) is 16.6 Å². The van der Waals surface area contributed by atoms with Crippen LogP contribution in [0.3, 0.4) is 0 Å². The highest BCUT2D eigenvalue weighted by Crippen LogP contribution is 2.39. The van der Waals surface area contributed by atoms with Crippen molar-refractivity contribution in [2.45, 2.75) is 52.5 Å². The van der Waals surface area contributed by atoms with Gasteiger partial charge in [-0.3, -0.25) is 0 Å². The second-order valence-electron chi connectivity index (χ2n) is 6.99. The molecule has 1 aliphatic heterocycles. The zero-order valence-corrected chi connectivity index (χ0v) is 15.5. The van der Waals surface area contributed by atoms with Crippen LogP contribution in [0.15, 0.2) is 27.6 Å². The summed E-state index contributed by atoms with van der Waals surface area (Å²) in [5.41, 5.74) is 7.36. The summed E-state index contributed by atoms with van der Waals surface area (Å²) in [5, 5.41) is 0.990. The Labute approximate surface area is 149 Å². The Balaban J connectivity index is 1.99. The van der Waals surface area contributed by atoms with E-state index in [0.29, 0.717) is 31.3 Å². The van der Waals surface area contributed by atoms with Crippen LogP contribution in [-0.2, 0) is 30.9 Å². The molecule has 0 fully saturated rings. The van der Waals surface area contributed by atoms with Gasteiger partial charge in [0.15, 0.2) is 11.4 Å². The number of rotatable bonds is 3. The van der Waals surface area contributed by atoms with Gasteiger partial charge in [0.05, 0.1) is 25.0 Å². The average molecular weight is 360 g/mol. The Morgan fingerprint density at radius 1 is 1.44 bits per heavy atom. The van der Waals surface area contributed by atoms with Gasteiger partial charge >= 0.3 is 5.69 Å². The molecule has 3 aromatic rings. The van der Waals surface area contributed by atoms with Crippen molar-refractivity contribution in [2.24, 2.45) is 0 Å². The summed E-state index contributed by atoms with van der Waals surface area (Å²) in [5.74, 6) is 1.22. The number of aryl methyl sites for hydroxylation is 1. The van der Waals surface area contributed by atoms with Gasteiger partial charge in [0.1, 0.15) is 11.1 Å². The van der Waals surface area contributed by atoms with Crippen LogP contribution in [-0.4, -0.2) is 10.2 Å². The number of nitrogen functional groups attached to an aromatic ring is 1. The van der Waals surface area contributed by atoms with E-state index in [4.69, 9.17) is 14.9 Å². The van der Waals surface area contributed by atoms with Crippen molar-refractivity contribution < 1.29 is 13.7 Å². The van der Waals surface area contributed by atoms with Crippen LogP contribution < -0.4 is 16.0 Å². The van der Waals surface area contributed by atoms with Crippen LogP contribution in [0.25, 0.3) is 10.2 Å². The van der Waals surface area contributed by atoms with Gasteiger partial charge in [-0.05, 0) is 38.5 Å². The molecule has 0 aromatic carbocycles. The number of hydrogen-bond acceptors (Lipinski definition) is 5. The standard InChI is InChI=1S/C18H21N3O3S/c1-4-20-16-14(12-8-18(2,3)24-10-13(12)25-16)15(19)21(17(20)22)9-11-6-5-7-23-11/h5-7,19H,4,8-10H2,1-3H3/p+1. The van der Waals surface area contributed by atoms with E-state index in [9.17, 15) is 4.79 Å². The SMILES string of the molecule is CC[n+]1c(=O)n(Cc2ccco2)c(N)c2c3c(sc21)COC(C)(C)C3. The van der Waals surface area contributed by atoms with Crippen molar-refractivity contribution in [3.05, 3.63) is 45.1 Å². The monoisotopic (exact) mass is 360 g/mol. The minimum Gasteiger partial charge on any atom is -0.465 e. The molecule has 4 heterocycles. The van der Waals surface area contributed by atoms with E-state index in [2.05, 4.69) is 13.8 Å². The van der Waals surface area contributed by atoms with Gasteiger partial charge in [0.2, 0.25) is 5.82 Å². The Kier molecular flexibility index (Phi) is 3.73. The Bertz CT molecular complexity index is 999. The van der Waals surface area contributed by atoms with Crippen molar-refractivity contribution >= 4 is 27.4 Å². The molecule has 1 aliphatic rings. The molecule has 0 saturated carbocycles. The van der Waals surface area contributed by atoms with Crippen molar-refractivity contribution in [3.8, 4) is 0 Å². The largest absolute Gasteiger partial charge is 0.501 e. The maximum atomic E-state index is 13.0. The van der Waals surface area contributed by atoms with Crippen LogP contribution in [0.5, 0.6) is 0 Å². The lowest BCUT2D eigenvalue weighted by Crippen LogP contribution is -2.54. The quantitative estimate of drug-likeness (QED) is 0.728. The number of thiophene rings is 1. The number of fused-ring (bicyclic) bond motifs is 3. The van der Waals surface area contributed by atoms with Gasteiger partial charge in [-0.25, -0.2) is 0 Å². The summed E-state index contributed by atoms with van der Waals surface area (Å²) in [6.07, 6.45) is 2.39. The number of ether oxygens (including phenoxy) is 1. The van der Waals surface area contributed by atoms with E-state index < -0.39 is 0 Å². The van der Waals surface area contributed by atoms with Crippen LogP contribution in [0.4, 0.5) is 5.82 Å². The normalized spacial score (nSPS) is 16.3. The van der Waals surface area contributed by atoms with Gasteiger partial charge in [0, 0.05) is 11.3 Å². The van der Waals surface area contributed by atoms with E-state index in [1.165, 1.54) is 10.4 Å². The summed E-state index contributed by atoms with van der Waals surface area (Å²) in [7, 11) is 0. The van der Waals surface area contributed by atoms with Crippen molar-refractivity contribution in [2.75, 3.05) is 5.73 Å². The second kappa shape index (κ2) is 5.71. The summed E-state index contributed by atoms with van der Waals surface area (Å²) >= 11 is 1.62. The third-order valence-electron chi connectivity index (χ3n) is 4.73. The van der Waals surface area contributed by atoms with Crippen molar-refractivity contribution in [1.29, 1.82) is 0 Å². The van der Waals surface area contributed by atoms with Crippen LogP contribution in [0.1, 0.15) is 37.0 Å². The fourth-order valence-corrected chi connectivity index (χ4v) is 4.75. The molecule has 0 unspecified atom stereocenters. The minimum absolute atomic E-state index is 0.109. The Hall–Kier alpha value is -2.12. The molecule has 6 nitrogen and oxygen atoms in total. The second-order valence-corrected chi connectivity index (χ2v) is 8.07. The smallest absolute Gasteiger partial charge is 0.465 e. The summed E-state index contributed by atoms with van der Waals surface area (Å²) in [6.45, 7) is 7.64. The number of nitrogens with zero attached hydrogens (tertiary/aromatic N) is 2. The molecule has 25 heavy (non-hydrogen) atoms. The van der Waals surface area contributed by atoms with E-state index in [1.807, 2.05) is 19.1 Å². The first-order valence-electron chi connectivity index (χ1n) is 8.44. The predicted octanol–water partition coefficient (Wildman–Crippen LogP) is 2.45. The van der Waals surface area contributed by atoms with Crippen LogP contribution in [0, 0.1) is 0 Å². The first-order chi connectivity index (χ1) is 11.9. The zero-order valence-electron chi connectivity index (χ0n) is 14.7. The third kappa shape index (κ3) is 2.58. The number of furan rings is 1. The molecule has 3 aromatic heterocycles. The van der Waals surface area contributed by atoms with Gasteiger partial charge in [-0.2, -0.15) is 13.9 Å². The molecule has 0 radical (unpaired) electrons. The number of anilines is 1. The Morgan fingerprint density at radius 3 is 2.92 bits per heavy atom. The summed E-state index contributed by atoms with van der Waals surface area (Å²) in [6, 6.07) is 3.67. The molecule has 0 saturated heterocycles. The van der Waals surface area contributed by atoms with Crippen LogP contribution in [0.2, 0.25) is 0 Å². The minimum atomic E-state index is -0.230. The lowest BCUT2D eigenvalue weighted by molar-refractivity contribution is -0.684. The predicted molar refractivity (Wildman–Crippen MR) is 96.7 cm³/mol.